The smallest absolute Gasteiger partial charge is 0.137 e. The van der Waals surface area contributed by atoms with Gasteiger partial charge in [0.25, 0.3) is 0 Å². The Morgan fingerprint density at radius 2 is 1.11 bits per heavy atom. The summed E-state index contributed by atoms with van der Waals surface area (Å²) in [5.41, 5.74) is 7.44. The highest BCUT2D eigenvalue weighted by atomic mass is 32.1. The number of hydrogen-bond acceptors (Lipinski definition) is 3. The Labute approximate surface area is 272 Å². The number of rotatable bonds is 5. The van der Waals surface area contributed by atoms with Crippen LogP contribution in [0.5, 0.6) is 0 Å². The molecule has 0 saturated heterocycles. The number of para-hydroxylation sites is 1. The van der Waals surface area contributed by atoms with Gasteiger partial charge < -0.3 is 9.32 Å². The second-order valence-electron chi connectivity index (χ2n) is 11.0. The van der Waals surface area contributed by atoms with Crippen LogP contribution < -0.4 is 4.90 Å². The maximum atomic E-state index is 8.37. The first-order valence-corrected chi connectivity index (χ1v) is 15.6. The molecule has 0 aliphatic heterocycles. The van der Waals surface area contributed by atoms with E-state index in [2.05, 4.69) is 83.8 Å². The van der Waals surface area contributed by atoms with E-state index >= 15 is 0 Å². The first-order chi connectivity index (χ1) is 24.4. The molecule has 2 nitrogen and oxygen atoms in total. The Bertz CT molecular complexity index is 2740. The van der Waals surface area contributed by atoms with Crippen molar-refractivity contribution in [3.63, 3.8) is 0 Å². The highest BCUT2D eigenvalue weighted by Gasteiger charge is 2.20. The van der Waals surface area contributed by atoms with Gasteiger partial charge in [0.15, 0.2) is 0 Å². The Morgan fingerprint density at radius 3 is 1.91 bits per heavy atom. The minimum absolute atomic E-state index is 0.199. The highest BCUT2D eigenvalue weighted by Crippen LogP contribution is 2.45. The summed E-state index contributed by atoms with van der Waals surface area (Å²) in [7, 11) is 0. The fraction of sp³-hybridized carbons (Fsp3) is 0. The number of furan rings is 1. The molecule has 0 atom stereocenters. The minimum atomic E-state index is -0.393. The van der Waals surface area contributed by atoms with Crippen LogP contribution in [-0.4, -0.2) is 0 Å². The molecule has 45 heavy (non-hydrogen) atoms. The van der Waals surface area contributed by atoms with Gasteiger partial charge in [-0.05, 0) is 70.8 Å². The molecular formula is C42H27NOS. The van der Waals surface area contributed by atoms with Crippen LogP contribution >= 0.6 is 11.3 Å². The van der Waals surface area contributed by atoms with E-state index in [1.165, 1.54) is 20.2 Å². The van der Waals surface area contributed by atoms with E-state index in [1.807, 2.05) is 54.6 Å². The van der Waals surface area contributed by atoms with Gasteiger partial charge in [-0.15, -0.1) is 11.3 Å². The zero-order valence-corrected chi connectivity index (χ0v) is 24.8. The molecule has 3 heteroatoms. The van der Waals surface area contributed by atoms with Crippen LogP contribution in [0.1, 0.15) is 6.85 Å². The third-order valence-electron chi connectivity index (χ3n) is 8.37. The van der Waals surface area contributed by atoms with Crippen molar-refractivity contribution in [1.29, 1.82) is 0 Å². The Morgan fingerprint density at radius 1 is 0.489 bits per heavy atom. The molecule has 0 spiro atoms. The van der Waals surface area contributed by atoms with Crippen molar-refractivity contribution in [1.82, 2.24) is 0 Å². The number of thiophene rings is 1. The van der Waals surface area contributed by atoms with Crippen LogP contribution in [0.15, 0.2) is 168 Å². The Kier molecular flexibility index (Phi) is 4.94. The van der Waals surface area contributed by atoms with Crippen molar-refractivity contribution >= 4 is 70.5 Å². The van der Waals surface area contributed by atoms with E-state index in [1.54, 1.807) is 11.3 Å². The Hall–Kier alpha value is -5.64. The number of nitrogens with zero attached hydrogens (tertiary/aromatic N) is 1. The van der Waals surface area contributed by atoms with Crippen LogP contribution in [0, 0.1) is 0 Å². The summed E-state index contributed by atoms with van der Waals surface area (Å²) in [5, 5.41) is 4.60. The van der Waals surface area contributed by atoms with Gasteiger partial charge in [-0.3, -0.25) is 0 Å². The molecular weight excluding hydrogens is 567 g/mol. The first kappa shape index (κ1) is 21.1. The number of hydrogen-bond donors (Lipinski definition) is 0. The zero-order valence-electron chi connectivity index (χ0n) is 29.0. The summed E-state index contributed by atoms with van der Waals surface area (Å²) in [6.07, 6.45) is 0. The molecule has 9 rings (SSSR count). The van der Waals surface area contributed by atoms with Crippen molar-refractivity contribution in [2.45, 2.75) is 0 Å². The Balaban J connectivity index is 1.16. The van der Waals surface area contributed by atoms with E-state index in [0.29, 0.717) is 5.56 Å². The predicted molar refractivity (Wildman–Crippen MR) is 192 cm³/mol. The van der Waals surface area contributed by atoms with E-state index in [9.17, 15) is 0 Å². The summed E-state index contributed by atoms with van der Waals surface area (Å²) >= 11 is 1.80. The summed E-state index contributed by atoms with van der Waals surface area (Å²) < 4.78 is 49.6. The molecule has 0 N–H and O–H groups in total. The molecule has 0 aliphatic rings. The zero-order chi connectivity index (χ0) is 34.1. The monoisotopic (exact) mass is 598 g/mol. The normalized spacial score (nSPS) is 13.1. The quantitative estimate of drug-likeness (QED) is 0.196. The third kappa shape index (κ3) is 4.40. The van der Waals surface area contributed by atoms with Gasteiger partial charge in [0.2, 0.25) is 0 Å². The lowest BCUT2D eigenvalue weighted by Crippen LogP contribution is -2.10. The molecule has 9 aromatic rings. The van der Waals surface area contributed by atoms with Crippen molar-refractivity contribution in [2.24, 2.45) is 0 Å². The summed E-state index contributed by atoms with van der Waals surface area (Å²) in [4.78, 5) is 2.29. The second kappa shape index (κ2) is 10.5. The molecule has 0 unspecified atom stereocenters. The van der Waals surface area contributed by atoms with E-state index in [-0.39, 0.29) is 29.7 Å². The van der Waals surface area contributed by atoms with Crippen LogP contribution in [0.3, 0.4) is 0 Å². The van der Waals surface area contributed by atoms with Gasteiger partial charge in [0.1, 0.15) is 11.2 Å². The van der Waals surface area contributed by atoms with Crippen LogP contribution in [0.2, 0.25) is 0 Å². The molecule has 0 fully saturated rings. The molecule has 2 aromatic heterocycles. The number of anilines is 3. The topological polar surface area (TPSA) is 16.4 Å². The molecule has 0 saturated carbocycles. The van der Waals surface area contributed by atoms with Crippen LogP contribution in [0.25, 0.3) is 64.4 Å². The van der Waals surface area contributed by atoms with Gasteiger partial charge in [-0.1, -0.05) is 115 Å². The van der Waals surface area contributed by atoms with E-state index in [4.69, 9.17) is 11.3 Å². The summed E-state index contributed by atoms with van der Waals surface area (Å²) in [6, 6.07) is 44.0. The average molecular weight is 599 g/mol. The first-order valence-electron chi connectivity index (χ1n) is 17.3. The molecule has 7 aromatic carbocycles. The van der Waals surface area contributed by atoms with Crippen molar-refractivity contribution in [2.75, 3.05) is 4.90 Å². The molecule has 212 valence electrons. The van der Waals surface area contributed by atoms with Crippen molar-refractivity contribution in [3.8, 4) is 22.3 Å². The van der Waals surface area contributed by atoms with Gasteiger partial charge in [-0.2, -0.15) is 0 Å². The van der Waals surface area contributed by atoms with Crippen molar-refractivity contribution < 1.29 is 11.3 Å². The van der Waals surface area contributed by atoms with Gasteiger partial charge in [0.05, 0.1) is 17.9 Å². The summed E-state index contributed by atoms with van der Waals surface area (Å²) in [5.74, 6) is 0. The molecule has 0 radical (unpaired) electrons. The molecule has 0 amide bonds. The summed E-state index contributed by atoms with van der Waals surface area (Å²) in [6.45, 7) is 0. The van der Waals surface area contributed by atoms with Crippen LogP contribution in [0.4, 0.5) is 17.1 Å². The van der Waals surface area contributed by atoms with Crippen LogP contribution in [-0.2, 0) is 0 Å². The van der Waals surface area contributed by atoms with Gasteiger partial charge in [-0.25, -0.2) is 0 Å². The lowest BCUT2D eigenvalue weighted by Gasteiger charge is -2.26. The third-order valence-corrected chi connectivity index (χ3v) is 9.51. The second-order valence-corrected chi connectivity index (χ2v) is 12.1. The lowest BCUT2D eigenvalue weighted by molar-refractivity contribution is 0.669. The van der Waals surface area contributed by atoms with E-state index in [0.717, 1.165) is 50.1 Å². The van der Waals surface area contributed by atoms with E-state index < -0.39 is 6.04 Å². The maximum Gasteiger partial charge on any atom is 0.137 e. The molecule has 2 heterocycles. The highest BCUT2D eigenvalue weighted by molar-refractivity contribution is 7.25. The fourth-order valence-corrected chi connectivity index (χ4v) is 7.39. The molecule has 0 bridgehead atoms. The standard InChI is InChI=1S/C42H27NOS/c1-2-9-28(10-3-1)29-17-19-30(20-18-29)31-21-23-32(24-22-31)43(33-25-26-35-34-11-5-7-16-40(34)45-41(35)27-33)37-13-8-15-39-42(37)36-12-4-6-14-38(36)44-39/h1-27H/i1D,2D,3D,9D,10D. The van der Waals surface area contributed by atoms with Crippen molar-refractivity contribution in [3.05, 3.63) is 164 Å². The average Bonchev–Trinajstić information content (AvgIpc) is 3.72. The largest absolute Gasteiger partial charge is 0.456 e. The minimum Gasteiger partial charge on any atom is -0.456 e. The lowest BCUT2D eigenvalue weighted by atomic mass is 10.00. The van der Waals surface area contributed by atoms with Gasteiger partial charge in [0, 0.05) is 36.9 Å². The molecule has 0 aliphatic carbocycles. The maximum absolute atomic E-state index is 8.37. The SMILES string of the molecule is [2H]c1c([2H])c([2H])c(-c2ccc(-c3ccc(N(c4ccc5c(c4)sc4ccccc45)c4cccc5oc6ccccc6c45)cc3)cc2)c([2H])c1[2H]. The fourth-order valence-electron chi connectivity index (χ4n) is 6.25. The number of fused-ring (bicyclic) bond motifs is 6. The predicted octanol–water partition coefficient (Wildman–Crippen LogP) is 12.8. The van der Waals surface area contributed by atoms with Gasteiger partial charge >= 0.3 is 0 Å². The number of benzene rings is 7.